The smallest absolute Gasteiger partial charge is 0.270 e. The average Bonchev–Trinajstić information content (AvgIpc) is 3.52. The molecule has 1 aromatic carbocycles. The lowest BCUT2D eigenvalue weighted by atomic mass is 10.2. The van der Waals surface area contributed by atoms with Gasteiger partial charge >= 0.3 is 0 Å². The topological polar surface area (TPSA) is 94.7 Å². The van der Waals surface area contributed by atoms with Crippen LogP contribution in [0.4, 0.5) is 0 Å². The quantitative estimate of drug-likeness (QED) is 0.462. The second kappa shape index (κ2) is 8.91. The number of H-pyrrole nitrogens is 2. The Labute approximate surface area is 172 Å². The van der Waals surface area contributed by atoms with Crippen LogP contribution < -0.4 is 0 Å². The number of ketones is 1. The maximum Gasteiger partial charge on any atom is 0.270 e. The molecule has 1 aliphatic heterocycles. The van der Waals surface area contributed by atoms with Gasteiger partial charge in [-0.2, -0.15) is 0 Å². The van der Waals surface area contributed by atoms with Crippen molar-refractivity contribution < 1.29 is 9.59 Å². The van der Waals surface area contributed by atoms with Gasteiger partial charge in [0.25, 0.3) is 5.91 Å². The molecular weight excluding hydrogens is 386 g/mol. The molecule has 0 saturated carbocycles. The van der Waals surface area contributed by atoms with Crippen LogP contribution in [0.15, 0.2) is 47.8 Å². The molecular formula is C21H21N5O2S. The van der Waals surface area contributed by atoms with Crippen LogP contribution in [-0.2, 0) is 0 Å². The molecule has 0 bridgehead atoms. The lowest BCUT2D eigenvalue weighted by Crippen LogP contribution is -2.27. The number of thioether (sulfide) groups is 1. The van der Waals surface area contributed by atoms with Gasteiger partial charge in [-0.15, -0.1) is 5.10 Å². The van der Waals surface area contributed by atoms with Crippen molar-refractivity contribution in [3.05, 3.63) is 65.2 Å². The highest BCUT2D eigenvalue weighted by molar-refractivity contribution is 7.99. The molecule has 7 nitrogen and oxygen atoms in total. The molecule has 0 aliphatic carbocycles. The summed E-state index contributed by atoms with van der Waals surface area (Å²) in [7, 11) is 0. The van der Waals surface area contributed by atoms with E-state index in [4.69, 9.17) is 0 Å². The van der Waals surface area contributed by atoms with Crippen LogP contribution in [0.3, 0.4) is 0 Å². The fraction of sp³-hybridized carbons (Fsp3) is 0.238. The number of aromatic amines is 2. The van der Waals surface area contributed by atoms with Crippen molar-refractivity contribution in [2.75, 3.05) is 18.8 Å². The standard InChI is InChI=1S/C21H21N5O2S/c27-18(16-12-17(22-13-16)20(28)26-10-4-5-11-26)14-29-21-23-19(24-25-21)9-8-15-6-2-1-3-7-15/h1-3,6-9,12-13,22H,4-5,10-11,14H2,(H,23,24,25). The summed E-state index contributed by atoms with van der Waals surface area (Å²) in [6.07, 6.45) is 7.45. The Morgan fingerprint density at radius 3 is 2.72 bits per heavy atom. The Bertz CT molecular complexity index is 1020. The lowest BCUT2D eigenvalue weighted by molar-refractivity contribution is 0.0787. The summed E-state index contributed by atoms with van der Waals surface area (Å²) >= 11 is 1.26. The molecule has 148 valence electrons. The first kappa shape index (κ1) is 19.2. The van der Waals surface area contributed by atoms with E-state index in [1.54, 1.807) is 12.3 Å². The van der Waals surface area contributed by atoms with Crippen molar-refractivity contribution in [2.24, 2.45) is 0 Å². The number of hydrogen-bond donors (Lipinski definition) is 2. The number of hydrogen-bond acceptors (Lipinski definition) is 5. The van der Waals surface area contributed by atoms with E-state index in [1.165, 1.54) is 11.8 Å². The Morgan fingerprint density at radius 1 is 1.14 bits per heavy atom. The lowest BCUT2D eigenvalue weighted by Gasteiger charge is -2.13. The molecule has 8 heteroatoms. The highest BCUT2D eigenvalue weighted by Crippen LogP contribution is 2.18. The van der Waals surface area contributed by atoms with Crippen LogP contribution in [0.2, 0.25) is 0 Å². The molecule has 0 radical (unpaired) electrons. The first-order valence-corrected chi connectivity index (χ1v) is 10.5. The molecule has 29 heavy (non-hydrogen) atoms. The molecule has 0 spiro atoms. The van der Waals surface area contributed by atoms with Crippen molar-refractivity contribution in [1.82, 2.24) is 25.1 Å². The van der Waals surface area contributed by atoms with Gasteiger partial charge in [-0.1, -0.05) is 48.2 Å². The molecule has 1 aliphatic rings. The van der Waals surface area contributed by atoms with E-state index >= 15 is 0 Å². The zero-order chi connectivity index (χ0) is 20.1. The van der Waals surface area contributed by atoms with Crippen molar-refractivity contribution in [2.45, 2.75) is 18.0 Å². The van der Waals surface area contributed by atoms with Gasteiger partial charge in [-0.3, -0.25) is 14.7 Å². The van der Waals surface area contributed by atoms with Gasteiger partial charge in [0.15, 0.2) is 5.78 Å². The Morgan fingerprint density at radius 2 is 1.93 bits per heavy atom. The van der Waals surface area contributed by atoms with E-state index in [2.05, 4.69) is 20.2 Å². The zero-order valence-electron chi connectivity index (χ0n) is 15.8. The van der Waals surface area contributed by atoms with Gasteiger partial charge in [0.2, 0.25) is 5.16 Å². The summed E-state index contributed by atoms with van der Waals surface area (Å²) in [5.41, 5.74) is 2.03. The molecule has 0 unspecified atom stereocenters. The predicted octanol–water partition coefficient (Wildman–Crippen LogP) is 3.51. The van der Waals surface area contributed by atoms with Gasteiger partial charge in [0.05, 0.1) is 5.75 Å². The molecule has 2 aromatic heterocycles. The number of nitrogens with zero attached hydrogens (tertiary/aromatic N) is 3. The Balaban J connectivity index is 1.31. The summed E-state index contributed by atoms with van der Waals surface area (Å²) < 4.78 is 0. The van der Waals surface area contributed by atoms with Gasteiger partial charge in [-0.25, -0.2) is 4.98 Å². The largest absolute Gasteiger partial charge is 0.356 e. The highest BCUT2D eigenvalue weighted by Gasteiger charge is 2.21. The van der Waals surface area contributed by atoms with Crippen LogP contribution >= 0.6 is 11.8 Å². The zero-order valence-corrected chi connectivity index (χ0v) is 16.6. The third-order valence-corrected chi connectivity index (χ3v) is 5.52. The molecule has 1 amide bonds. The van der Waals surface area contributed by atoms with Gasteiger partial charge in [0, 0.05) is 24.8 Å². The molecule has 1 saturated heterocycles. The number of amides is 1. The molecule has 3 heterocycles. The monoisotopic (exact) mass is 407 g/mol. The fourth-order valence-corrected chi connectivity index (χ4v) is 3.82. The average molecular weight is 407 g/mol. The minimum Gasteiger partial charge on any atom is -0.356 e. The van der Waals surface area contributed by atoms with Crippen molar-refractivity contribution in [3.8, 4) is 0 Å². The SMILES string of the molecule is O=C(CSc1n[nH]c(C=Cc2ccccc2)n1)c1c[nH]c(C(=O)N2CCCC2)c1. The third-order valence-electron chi connectivity index (χ3n) is 4.68. The summed E-state index contributed by atoms with van der Waals surface area (Å²) in [6, 6.07) is 11.5. The predicted molar refractivity (Wildman–Crippen MR) is 113 cm³/mol. The molecule has 3 aromatic rings. The summed E-state index contributed by atoms with van der Waals surface area (Å²) in [4.78, 5) is 33.9. The number of benzene rings is 1. The van der Waals surface area contributed by atoms with Crippen LogP contribution in [0.25, 0.3) is 12.2 Å². The number of aromatic nitrogens is 4. The van der Waals surface area contributed by atoms with E-state index in [9.17, 15) is 9.59 Å². The molecule has 4 rings (SSSR count). The van der Waals surface area contributed by atoms with Crippen molar-refractivity contribution in [1.29, 1.82) is 0 Å². The van der Waals surface area contributed by atoms with Crippen LogP contribution in [-0.4, -0.2) is 55.6 Å². The summed E-state index contributed by atoms with van der Waals surface area (Å²) in [5, 5.41) is 7.50. The van der Waals surface area contributed by atoms with Gasteiger partial charge < -0.3 is 9.88 Å². The van der Waals surface area contributed by atoms with Crippen LogP contribution in [0, 0.1) is 0 Å². The molecule has 1 fully saturated rings. The number of carbonyl (C=O) groups excluding carboxylic acids is 2. The normalized spacial score (nSPS) is 14.0. The number of nitrogens with one attached hydrogen (secondary N) is 2. The Hall–Kier alpha value is -3.13. The Kier molecular flexibility index (Phi) is 5.90. The van der Waals surface area contributed by atoms with Crippen LogP contribution in [0.5, 0.6) is 0 Å². The number of carbonyl (C=O) groups is 2. The first-order valence-electron chi connectivity index (χ1n) is 9.48. The molecule has 0 atom stereocenters. The summed E-state index contributed by atoms with van der Waals surface area (Å²) in [6.45, 7) is 1.56. The van der Waals surface area contributed by atoms with E-state index in [-0.39, 0.29) is 17.4 Å². The van der Waals surface area contributed by atoms with Crippen LogP contribution in [0.1, 0.15) is 45.1 Å². The minimum absolute atomic E-state index is 0.0435. The maximum absolute atomic E-state index is 12.4. The minimum atomic E-state index is -0.0714. The van der Waals surface area contributed by atoms with E-state index in [1.807, 2.05) is 47.4 Å². The summed E-state index contributed by atoms with van der Waals surface area (Å²) in [5.74, 6) is 0.717. The van der Waals surface area contributed by atoms with Gasteiger partial charge in [0.1, 0.15) is 11.5 Å². The third kappa shape index (κ3) is 4.83. The molecule has 2 N–H and O–H groups in total. The number of rotatable bonds is 7. The van der Waals surface area contributed by atoms with Crippen molar-refractivity contribution in [3.63, 3.8) is 0 Å². The van der Waals surface area contributed by atoms with Crippen molar-refractivity contribution >= 4 is 35.6 Å². The fourth-order valence-electron chi connectivity index (χ4n) is 3.12. The second-order valence-electron chi connectivity index (χ2n) is 6.76. The first-order chi connectivity index (χ1) is 14.2. The van der Waals surface area contributed by atoms with E-state index < -0.39 is 0 Å². The van der Waals surface area contributed by atoms with E-state index in [0.29, 0.717) is 22.2 Å². The second-order valence-corrected chi connectivity index (χ2v) is 7.70. The number of likely N-dealkylation sites (tertiary alicyclic amines) is 1. The maximum atomic E-state index is 12.4. The number of Topliss-reactive ketones (excluding diaryl/α,β-unsaturated/α-hetero) is 1. The van der Waals surface area contributed by atoms with Gasteiger partial charge in [-0.05, 0) is 30.5 Å². The highest BCUT2D eigenvalue weighted by atomic mass is 32.2. The van der Waals surface area contributed by atoms with E-state index in [0.717, 1.165) is 31.5 Å².